The van der Waals surface area contributed by atoms with E-state index < -0.39 is 17.7 Å². The van der Waals surface area contributed by atoms with Gasteiger partial charge in [-0.1, -0.05) is 36.4 Å². The Balaban J connectivity index is 1.51. The van der Waals surface area contributed by atoms with E-state index in [4.69, 9.17) is 0 Å². The van der Waals surface area contributed by atoms with Crippen LogP contribution in [0.25, 0.3) is 22.0 Å². The number of nitrogens with zero attached hydrogens (tertiary/aromatic N) is 3. The average Bonchev–Trinajstić information content (AvgIpc) is 3.30. The summed E-state index contributed by atoms with van der Waals surface area (Å²) in [5.41, 5.74) is 3.80. The van der Waals surface area contributed by atoms with Gasteiger partial charge in [0, 0.05) is 29.5 Å². The molecule has 182 valence electrons. The van der Waals surface area contributed by atoms with Crippen LogP contribution < -0.4 is 5.32 Å². The summed E-state index contributed by atoms with van der Waals surface area (Å²) in [5.74, 6) is -1.66. The van der Waals surface area contributed by atoms with E-state index in [0.717, 1.165) is 22.5 Å². The van der Waals surface area contributed by atoms with Gasteiger partial charge >= 0.3 is 0 Å². The number of hydrogen-bond acceptors (Lipinski definition) is 3. The van der Waals surface area contributed by atoms with Crippen LogP contribution in [0.4, 0.5) is 8.78 Å². The van der Waals surface area contributed by atoms with Gasteiger partial charge in [0.1, 0.15) is 18.2 Å². The number of carbonyl (C=O) groups is 1. The first-order valence-electron chi connectivity index (χ1n) is 11.7. The van der Waals surface area contributed by atoms with Gasteiger partial charge in [-0.2, -0.15) is 5.26 Å². The predicted molar refractivity (Wildman–Crippen MR) is 137 cm³/mol. The van der Waals surface area contributed by atoms with Crippen molar-refractivity contribution in [3.8, 4) is 17.2 Å². The zero-order valence-corrected chi connectivity index (χ0v) is 19.7. The molecular weight excluding hydrogens is 470 g/mol. The monoisotopic (exact) mass is 492 g/mol. The van der Waals surface area contributed by atoms with E-state index in [1.54, 1.807) is 30.5 Å². The molecular formula is C30H22F2N4O. The van der Waals surface area contributed by atoms with Crippen molar-refractivity contribution < 1.29 is 13.6 Å². The molecule has 1 N–H and O–H groups in total. The first-order valence-corrected chi connectivity index (χ1v) is 11.7. The average molecular weight is 493 g/mol. The lowest BCUT2D eigenvalue weighted by Gasteiger charge is -2.22. The maximum Gasteiger partial charge on any atom is 0.240 e. The molecule has 5 aromatic rings. The summed E-state index contributed by atoms with van der Waals surface area (Å²) in [4.78, 5) is 17.8. The van der Waals surface area contributed by atoms with Gasteiger partial charge in [0.25, 0.3) is 0 Å². The zero-order chi connectivity index (χ0) is 25.8. The van der Waals surface area contributed by atoms with Gasteiger partial charge in [0.2, 0.25) is 5.91 Å². The number of pyridine rings is 1. The maximum atomic E-state index is 14.0. The Morgan fingerprint density at radius 2 is 1.78 bits per heavy atom. The number of rotatable bonds is 7. The SMILES string of the molecule is N#Cc1cccc(-c2cccnc2[C@H](Cc2cc(F)cc(F)c2)NC(=O)Cn2ccc3ccccc32)c1. The van der Waals surface area contributed by atoms with Crippen molar-refractivity contribution in [2.24, 2.45) is 0 Å². The summed E-state index contributed by atoms with van der Waals surface area (Å²) in [7, 11) is 0. The van der Waals surface area contributed by atoms with E-state index in [9.17, 15) is 18.8 Å². The second kappa shape index (κ2) is 10.4. The van der Waals surface area contributed by atoms with Gasteiger partial charge in [0.05, 0.1) is 23.4 Å². The fourth-order valence-electron chi connectivity index (χ4n) is 4.55. The third-order valence-corrected chi connectivity index (χ3v) is 6.16. The molecule has 2 aromatic heterocycles. The second-order valence-electron chi connectivity index (χ2n) is 8.73. The van der Waals surface area contributed by atoms with Gasteiger partial charge in [-0.25, -0.2) is 8.78 Å². The molecule has 0 fully saturated rings. The summed E-state index contributed by atoms with van der Waals surface area (Å²) in [6.07, 6.45) is 3.58. The largest absolute Gasteiger partial charge is 0.346 e. The second-order valence-corrected chi connectivity index (χ2v) is 8.73. The molecule has 3 aromatic carbocycles. The number of fused-ring (bicyclic) bond motifs is 1. The van der Waals surface area contributed by atoms with E-state index in [2.05, 4.69) is 16.4 Å². The van der Waals surface area contributed by atoms with E-state index in [1.807, 2.05) is 53.2 Å². The molecule has 1 amide bonds. The Kier molecular flexibility index (Phi) is 6.73. The molecule has 0 saturated carbocycles. The fraction of sp³-hybridized carbons (Fsp3) is 0.100. The first kappa shape index (κ1) is 23.9. The molecule has 5 nitrogen and oxygen atoms in total. The van der Waals surface area contributed by atoms with Crippen molar-refractivity contribution in [3.05, 3.63) is 126 Å². The molecule has 0 saturated heterocycles. The Morgan fingerprint density at radius 3 is 2.59 bits per heavy atom. The van der Waals surface area contributed by atoms with E-state index in [-0.39, 0.29) is 18.9 Å². The maximum absolute atomic E-state index is 14.0. The number of benzene rings is 3. The fourth-order valence-corrected chi connectivity index (χ4v) is 4.55. The minimum Gasteiger partial charge on any atom is -0.346 e. The molecule has 1 atom stereocenters. The molecule has 0 aliphatic rings. The predicted octanol–water partition coefficient (Wildman–Crippen LogP) is 5.95. The van der Waals surface area contributed by atoms with Crippen LogP contribution >= 0.6 is 0 Å². The molecule has 0 unspecified atom stereocenters. The van der Waals surface area contributed by atoms with Gasteiger partial charge in [0.15, 0.2) is 0 Å². The van der Waals surface area contributed by atoms with Crippen molar-refractivity contribution >= 4 is 16.8 Å². The summed E-state index contributed by atoms with van der Waals surface area (Å²) >= 11 is 0. The Bertz CT molecular complexity index is 1620. The highest BCUT2D eigenvalue weighted by atomic mass is 19.1. The topological polar surface area (TPSA) is 70.7 Å². The van der Waals surface area contributed by atoms with Crippen molar-refractivity contribution in [1.29, 1.82) is 5.26 Å². The summed E-state index contributed by atoms with van der Waals surface area (Å²) in [6, 6.07) is 25.2. The number of carbonyl (C=O) groups excluding carboxylic acids is 1. The molecule has 5 rings (SSSR count). The zero-order valence-electron chi connectivity index (χ0n) is 19.7. The van der Waals surface area contributed by atoms with Crippen molar-refractivity contribution in [2.75, 3.05) is 0 Å². The quantitative estimate of drug-likeness (QED) is 0.305. The summed E-state index contributed by atoms with van der Waals surface area (Å²) in [5, 5.41) is 13.4. The van der Waals surface area contributed by atoms with Crippen molar-refractivity contribution in [3.63, 3.8) is 0 Å². The standard InChI is InChI=1S/C30H22F2N4O/c31-24-14-21(15-25(32)17-24)16-27(35-29(37)19-36-12-10-22-6-1-2-9-28(22)36)30-26(8-4-11-34-30)23-7-3-5-20(13-23)18-33/h1-15,17,27H,16,19H2,(H,35,37)/t27-/m0/s1. The number of para-hydroxylation sites is 1. The molecule has 0 radical (unpaired) electrons. The van der Waals surface area contributed by atoms with Crippen LogP contribution in [0.3, 0.4) is 0 Å². The van der Waals surface area contributed by atoms with E-state index in [0.29, 0.717) is 22.4 Å². The Hall–Kier alpha value is -4.83. The third-order valence-electron chi connectivity index (χ3n) is 6.16. The number of aromatic nitrogens is 2. The molecule has 0 bridgehead atoms. The van der Waals surface area contributed by atoms with Gasteiger partial charge in [-0.3, -0.25) is 9.78 Å². The van der Waals surface area contributed by atoms with Crippen LogP contribution in [0, 0.1) is 23.0 Å². The van der Waals surface area contributed by atoms with Crippen LogP contribution in [0.1, 0.15) is 22.9 Å². The summed E-state index contributed by atoms with van der Waals surface area (Å²) in [6.45, 7) is 0.0631. The van der Waals surface area contributed by atoms with Crippen molar-refractivity contribution in [1.82, 2.24) is 14.9 Å². The minimum atomic E-state index is -0.693. The molecule has 0 aliphatic heterocycles. The van der Waals surface area contributed by atoms with Gasteiger partial charge in [-0.15, -0.1) is 0 Å². The molecule has 0 aliphatic carbocycles. The normalized spacial score (nSPS) is 11.7. The van der Waals surface area contributed by atoms with E-state index in [1.165, 1.54) is 12.1 Å². The minimum absolute atomic E-state index is 0.0631. The highest BCUT2D eigenvalue weighted by molar-refractivity contribution is 5.83. The first-order chi connectivity index (χ1) is 18.0. The number of nitrogens with one attached hydrogen (secondary N) is 1. The number of hydrogen-bond donors (Lipinski definition) is 1. The van der Waals surface area contributed by atoms with Crippen LogP contribution in [0.5, 0.6) is 0 Å². The number of amides is 1. The molecule has 0 spiro atoms. The molecule has 7 heteroatoms. The third kappa shape index (κ3) is 5.39. The lowest BCUT2D eigenvalue weighted by molar-refractivity contribution is -0.122. The van der Waals surface area contributed by atoms with Crippen LogP contribution in [-0.4, -0.2) is 15.5 Å². The lowest BCUT2D eigenvalue weighted by atomic mass is 9.94. The van der Waals surface area contributed by atoms with Crippen LogP contribution in [0.15, 0.2) is 97.3 Å². The van der Waals surface area contributed by atoms with Gasteiger partial charge < -0.3 is 9.88 Å². The smallest absolute Gasteiger partial charge is 0.240 e. The highest BCUT2D eigenvalue weighted by Crippen LogP contribution is 2.30. The van der Waals surface area contributed by atoms with E-state index >= 15 is 0 Å². The van der Waals surface area contributed by atoms with Crippen LogP contribution in [0.2, 0.25) is 0 Å². The molecule has 2 heterocycles. The highest BCUT2D eigenvalue weighted by Gasteiger charge is 2.22. The lowest BCUT2D eigenvalue weighted by Crippen LogP contribution is -2.33. The Labute approximate surface area is 212 Å². The van der Waals surface area contributed by atoms with Gasteiger partial charge in [-0.05, 0) is 65.4 Å². The number of nitriles is 1. The summed E-state index contributed by atoms with van der Waals surface area (Å²) < 4.78 is 29.8. The number of halogens is 2. The van der Waals surface area contributed by atoms with Crippen molar-refractivity contribution in [2.45, 2.75) is 19.0 Å². The molecule has 37 heavy (non-hydrogen) atoms. The Morgan fingerprint density at radius 1 is 0.973 bits per heavy atom. The van der Waals surface area contributed by atoms with Crippen LogP contribution in [-0.2, 0) is 17.8 Å².